The minimum atomic E-state index is -0.239. The molecule has 0 heterocycles. The number of hydrogen-bond donors (Lipinski definition) is 2. The molecule has 2 atom stereocenters. The summed E-state index contributed by atoms with van der Waals surface area (Å²) in [5.74, 6) is 1.67. The van der Waals surface area contributed by atoms with Crippen molar-refractivity contribution < 1.29 is 28.5 Å². The molecule has 1 fully saturated rings. The smallest absolute Gasteiger partial charge is 0.251 e. The molecule has 8 nitrogen and oxygen atoms in total. The van der Waals surface area contributed by atoms with Crippen molar-refractivity contribution in [3.63, 3.8) is 0 Å². The Balaban J connectivity index is 1.74. The van der Waals surface area contributed by atoms with E-state index < -0.39 is 0 Å². The van der Waals surface area contributed by atoms with Crippen LogP contribution < -0.4 is 29.6 Å². The molecule has 172 valence electrons. The van der Waals surface area contributed by atoms with E-state index in [9.17, 15) is 9.59 Å². The lowest BCUT2D eigenvalue weighted by Crippen LogP contribution is -2.53. The van der Waals surface area contributed by atoms with Gasteiger partial charge in [0.15, 0.2) is 0 Å². The van der Waals surface area contributed by atoms with E-state index in [4.69, 9.17) is 18.9 Å². The quantitative estimate of drug-likeness (QED) is 0.652. The summed E-state index contributed by atoms with van der Waals surface area (Å²) in [5, 5.41) is 6.15. The first-order chi connectivity index (χ1) is 15.5. The molecule has 2 aromatic rings. The molecule has 0 saturated heterocycles. The van der Waals surface area contributed by atoms with Crippen molar-refractivity contribution in [1.82, 2.24) is 10.6 Å². The van der Waals surface area contributed by atoms with Crippen LogP contribution in [0.1, 0.15) is 46.4 Å². The van der Waals surface area contributed by atoms with Gasteiger partial charge in [-0.05, 0) is 37.1 Å². The van der Waals surface area contributed by atoms with E-state index in [1.807, 2.05) is 0 Å². The maximum absolute atomic E-state index is 12.9. The number of rotatable bonds is 8. The van der Waals surface area contributed by atoms with E-state index >= 15 is 0 Å². The SMILES string of the molecule is COc1cc(OC)cc(C(=O)NC2CCCCC2NC(=O)c2cc(OC)cc(OC)c2)c1. The molecule has 8 heteroatoms. The first-order valence-corrected chi connectivity index (χ1v) is 10.5. The number of methoxy groups -OCH3 is 4. The van der Waals surface area contributed by atoms with Gasteiger partial charge in [-0.1, -0.05) is 12.8 Å². The molecule has 2 amide bonds. The summed E-state index contributed by atoms with van der Waals surface area (Å²) in [7, 11) is 6.15. The van der Waals surface area contributed by atoms with Crippen LogP contribution in [-0.2, 0) is 0 Å². The second kappa shape index (κ2) is 10.7. The predicted molar refractivity (Wildman–Crippen MR) is 120 cm³/mol. The van der Waals surface area contributed by atoms with Crippen LogP contribution in [0.5, 0.6) is 23.0 Å². The number of carbonyl (C=O) groups excluding carboxylic acids is 2. The van der Waals surface area contributed by atoms with Gasteiger partial charge >= 0.3 is 0 Å². The summed E-state index contributed by atoms with van der Waals surface area (Å²) in [6.45, 7) is 0. The standard InChI is InChI=1S/C24H30N2O6/c1-29-17-9-15(10-18(13-17)30-2)23(27)25-21-7-5-6-8-22(21)26-24(28)16-11-19(31-3)14-20(12-16)32-4/h9-14,21-22H,5-8H2,1-4H3,(H,25,27)(H,26,28). The lowest BCUT2D eigenvalue weighted by atomic mass is 9.89. The molecule has 0 aromatic heterocycles. The van der Waals surface area contributed by atoms with Crippen LogP contribution in [0.15, 0.2) is 36.4 Å². The minimum absolute atomic E-state index is 0.190. The first kappa shape index (κ1) is 23.2. The zero-order valence-corrected chi connectivity index (χ0v) is 18.9. The maximum atomic E-state index is 12.9. The highest BCUT2D eigenvalue weighted by molar-refractivity contribution is 5.96. The van der Waals surface area contributed by atoms with Crippen LogP contribution >= 0.6 is 0 Å². The number of ether oxygens (including phenoxy) is 4. The average molecular weight is 443 g/mol. The van der Waals surface area contributed by atoms with Crippen molar-refractivity contribution in [2.24, 2.45) is 0 Å². The Morgan fingerprint density at radius 1 is 0.625 bits per heavy atom. The third-order valence-corrected chi connectivity index (χ3v) is 5.63. The Hall–Kier alpha value is -3.42. The molecular formula is C24H30N2O6. The molecule has 2 N–H and O–H groups in total. The fraction of sp³-hybridized carbons (Fsp3) is 0.417. The second-order valence-electron chi connectivity index (χ2n) is 7.65. The summed E-state index contributed by atoms with van der Waals surface area (Å²) in [6.07, 6.45) is 3.51. The minimum Gasteiger partial charge on any atom is -0.497 e. The number of hydrogen-bond acceptors (Lipinski definition) is 6. The Kier molecular flexibility index (Phi) is 7.81. The number of nitrogens with one attached hydrogen (secondary N) is 2. The van der Waals surface area contributed by atoms with Crippen LogP contribution in [0.4, 0.5) is 0 Å². The average Bonchev–Trinajstić information content (AvgIpc) is 2.84. The monoisotopic (exact) mass is 442 g/mol. The van der Waals surface area contributed by atoms with E-state index in [1.54, 1.807) is 36.4 Å². The van der Waals surface area contributed by atoms with Gasteiger partial charge in [-0.2, -0.15) is 0 Å². The van der Waals surface area contributed by atoms with Gasteiger partial charge in [0, 0.05) is 35.3 Å². The lowest BCUT2D eigenvalue weighted by molar-refractivity contribution is 0.0862. The van der Waals surface area contributed by atoms with Crippen LogP contribution in [-0.4, -0.2) is 52.3 Å². The normalized spacial score (nSPS) is 17.8. The molecule has 0 aliphatic heterocycles. The van der Waals surface area contributed by atoms with Crippen molar-refractivity contribution in [1.29, 1.82) is 0 Å². The first-order valence-electron chi connectivity index (χ1n) is 10.5. The molecule has 1 aliphatic rings. The Morgan fingerprint density at radius 3 is 1.22 bits per heavy atom. The van der Waals surface area contributed by atoms with Gasteiger partial charge in [0.25, 0.3) is 11.8 Å². The number of benzene rings is 2. The van der Waals surface area contributed by atoms with Gasteiger partial charge in [-0.25, -0.2) is 0 Å². The fourth-order valence-electron chi connectivity index (χ4n) is 3.86. The summed E-state index contributed by atoms with van der Waals surface area (Å²) >= 11 is 0. The largest absolute Gasteiger partial charge is 0.497 e. The summed E-state index contributed by atoms with van der Waals surface area (Å²) < 4.78 is 21.0. The summed E-state index contributed by atoms with van der Waals surface area (Å²) in [4.78, 5) is 25.9. The van der Waals surface area contributed by atoms with Crippen molar-refractivity contribution in [2.45, 2.75) is 37.8 Å². The molecular weight excluding hydrogens is 412 g/mol. The molecule has 1 saturated carbocycles. The van der Waals surface area contributed by atoms with Gasteiger partial charge in [-0.3, -0.25) is 9.59 Å². The molecule has 32 heavy (non-hydrogen) atoms. The third-order valence-electron chi connectivity index (χ3n) is 5.63. The van der Waals surface area contributed by atoms with Gasteiger partial charge < -0.3 is 29.6 Å². The highest BCUT2D eigenvalue weighted by Gasteiger charge is 2.29. The number of carbonyl (C=O) groups is 2. The molecule has 0 bridgehead atoms. The van der Waals surface area contributed by atoms with Crippen LogP contribution in [0.25, 0.3) is 0 Å². The highest BCUT2D eigenvalue weighted by Crippen LogP contribution is 2.25. The van der Waals surface area contributed by atoms with Crippen LogP contribution in [0, 0.1) is 0 Å². The molecule has 3 rings (SSSR count). The maximum Gasteiger partial charge on any atom is 0.251 e. The number of amides is 2. The highest BCUT2D eigenvalue weighted by atomic mass is 16.5. The molecule has 1 aliphatic carbocycles. The van der Waals surface area contributed by atoms with Gasteiger partial charge in [0.1, 0.15) is 23.0 Å². The van der Waals surface area contributed by atoms with E-state index in [0.29, 0.717) is 34.1 Å². The van der Waals surface area contributed by atoms with Crippen LogP contribution in [0.3, 0.4) is 0 Å². The van der Waals surface area contributed by atoms with Gasteiger partial charge in [0.2, 0.25) is 0 Å². The van der Waals surface area contributed by atoms with Gasteiger partial charge in [-0.15, -0.1) is 0 Å². The van der Waals surface area contributed by atoms with Crippen LogP contribution in [0.2, 0.25) is 0 Å². The van der Waals surface area contributed by atoms with Crippen molar-refractivity contribution in [3.8, 4) is 23.0 Å². The molecule has 2 unspecified atom stereocenters. The van der Waals surface area contributed by atoms with Gasteiger partial charge in [0.05, 0.1) is 28.4 Å². The summed E-state index contributed by atoms with van der Waals surface area (Å²) in [5.41, 5.74) is 0.878. The molecule has 2 aromatic carbocycles. The van der Waals surface area contributed by atoms with E-state index in [1.165, 1.54) is 28.4 Å². The lowest BCUT2D eigenvalue weighted by Gasteiger charge is -2.33. The zero-order valence-electron chi connectivity index (χ0n) is 18.9. The summed E-state index contributed by atoms with van der Waals surface area (Å²) in [6, 6.07) is 9.70. The van der Waals surface area contributed by atoms with Crippen molar-refractivity contribution in [3.05, 3.63) is 47.5 Å². The molecule has 0 spiro atoms. The van der Waals surface area contributed by atoms with E-state index in [2.05, 4.69) is 10.6 Å². The van der Waals surface area contributed by atoms with Crippen molar-refractivity contribution in [2.75, 3.05) is 28.4 Å². The fourth-order valence-corrected chi connectivity index (χ4v) is 3.86. The molecule has 0 radical (unpaired) electrons. The second-order valence-corrected chi connectivity index (χ2v) is 7.65. The Morgan fingerprint density at radius 2 is 0.938 bits per heavy atom. The third kappa shape index (κ3) is 5.63. The topological polar surface area (TPSA) is 95.1 Å². The van der Waals surface area contributed by atoms with E-state index in [0.717, 1.165) is 25.7 Å². The van der Waals surface area contributed by atoms with E-state index in [-0.39, 0.29) is 23.9 Å². The zero-order chi connectivity index (χ0) is 23.1. The Bertz CT molecular complexity index is 840. The van der Waals surface area contributed by atoms with Crippen molar-refractivity contribution >= 4 is 11.8 Å². The predicted octanol–water partition coefficient (Wildman–Crippen LogP) is 3.19. The Labute approximate surface area is 188 Å².